The zero-order valence-electron chi connectivity index (χ0n) is 15.9. The first kappa shape index (κ1) is 17.5. The van der Waals surface area contributed by atoms with Gasteiger partial charge in [0.15, 0.2) is 5.11 Å². The summed E-state index contributed by atoms with van der Waals surface area (Å²) < 4.78 is 2.28. The molecule has 1 saturated heterocycles. The smallest absolute Gasteiger partial charge is 0.170 e. The van der Waals surface area contributed by atoms with Crippen molar-refractivity contribution in [2.45, 2.75) is 64.1 Å². The SMILES string of the molecule is Cc1cc(C2C(c3ccccn3)NC(=S)N2C2CCCCC2)c(C)n1C. The molecule has 5 heteroatoms. The van der Waals surface area contributed by atoms with Crippen molar-refractivity contribution in [3.05, 3.63) is 53.1 Å². The van der Waals surface area contributed by atoms with E-state index in [9.17, 15) is 0 Å². The zero-order chi connectivity index (χ0) is 18.3. The van der Waals surface area contributed by atoms with Crippen molar-refractivity contribution >= 4 is 17.3 Å². The molecular weight excluding hydrogens is 340 g/mol. The third-order valence-corrected chi connectivity index (χ3v) is 6.57. The van der Waals surface area contributed by atoms with Crippen LogP contribution in [-0.4, -0.2) is 25.6 Å². The lowest BCUT2D eigenvalue weighted by atomic mass is 9.90. The highest BCUT2D eigenvalue weighted by Crippen LogP contribution is 2.43. The number of nitrogens with zero attached hydrogens (tertiary/aromatic N) is 3. The zero-order valence-corrected chi connectivity index (χ0v) is 16.7. The van der Waals surface area contributed by atoms with E-state index in [-0.39, 0.29) is 12.1 Å². The van der Waals surface area contributed by atoms with E-state index in [1.54, 1.807) is 0 Å². The van der Waals surface area contributed by atoms with E-state index in [1.807, 2.05) is 12.3 Å². The average Bonchev–Trinajstić information content (AvgIpc) is 3.14. The third kappa shape index (κ3) is 2.92. The molecule has 0 spiro atoms. The predicted octanol–water partition coefficient (Wildman–Crippen LogP) is 4.34. The van der Waals surface area contributed by atoms with Crippen molar-refractivity contribution < 1.29 is 0 Å². The summed E-state index contributed by atoms with van der Waals surface area (Å²) in [6, 6.07) is 9.33. The van der Waals surface area contributed by atoms with E-state index in [1.165, 1.54) is 49.1 Å². The Morgan fingerprint density at radius 2 is 1.92 bits per heavy atom. The fraction of sp³-hybridized carbons (Fsp3) is 0.524. The first-order valence-electron chi connectivity index (χ1n) is 9.70. The highest BCUT2D eigenvalue weighted by Gasteiger charge is 2.44. The van der Waals surface area contributed by atoms with E-state index >= 15 is 0 Å². The Morgan fingerprint density at radius 1 is 1.15 bits per heavy atom. The second-order valence-electron chi connectivity index (χ2n) is 7.71. The first-order valence-corrected chi connectivity index (χ1v) is 10.1. The van der Waals surface area contributed by atoms with E-state index in [0.29, 0.717) is 6.04 Å². The Morgan fingerprint density at radius 3 is 2.54 bits per heavy atom. The molecule has 4 rings (SSSR count). The third-order valence-electron chi connectivity index (χ3n) is 6.24. The number of thiocarbonyl (C=S) groups is 1. The molecule has 2 aromatic rings. The van der Waals surface area contributed by atoms with Gasteiger partial charge in [-0.2, -0.15) is 0 Å². The van der Waals surface area contributed by atoms with E-state index in [4.69, 9.17) is 12.2 Å². The van der Waals surface area contributed by atoms with Gasteiger partial charge in [0.05, 0.1) is 17.8 Å². The molecule has 1 saturated carbocycles. The van der Waals surface area contributed by atoms with Gasteiger partial charge in [0.25, 0.3) is 0 Å². The summed E-state index contributed by atoms with van der Waals surface area (Å²) in [5, 5.41) is 4.50. The molecule has 2 atom stereocenters. The Kier molecular flexibility index (Phi) is 4.74. The molecule has 0 radical (unpaired) electrons. The maximum Gasteiger partial charge on any atom is 0.170 e. The summed E-state index contributed by atoms with van der Waals surface area (Å²) in [4.78, 5) is 7.15. The molecule has 0 amide bonds. The summed E-state index contributed by atoms with van der Waals surface area (Å²) >= 11 is 5.84. The molecule has 0 bridgehead atoms. The minimum atomic E-state index is 0.103. The number of aromatic nitrogens is 2. The van der Waals surface area contributed by atoms with Crippen molar-refractivity contribution in [1.82, 2.24) is 19.8 Å². The number of pyridine rings is 1. The summed E-state index contributed by atoms with van der Waals surface area (Å²) in [5.41, 5.74) is 5.05. The second kappa shape index (κ2) is 7.03. The van der Waals surface area contributed by atoms with Gasteiger partial charge in [-0.1, -0.05) is 25.3 Å². The summed E-state index contributed by atoms with van der Waals surface area (Å²) in [6.07, 6.45) is 8.30. The van der Waals surface area contributed by atoms with Crippen LogP contribution >= 0.6 is 12.2 Å². The van der Waals surface area contributed by atoms with Gasteiger partial charge in [0.1, 0.15) is 0 Å². The van der Waals surface area contributed by atoms with Gasteiger partial charge in [0.2, 0.25) is 0 Å². The second-order valence-corrected chi connectivity index (χ2v) is 8.10. The lowest BCUT2D eigenvalue weighted by Crippen LogP contribution is -2.40. The van der Waals surface area contributed by atoms with Gasteiger partial charge in [-0.3, -0.25) is 4.98 Å². The number of rotatable bonds is 3. The van der Waals surface area contributed by atoms with Crippen molar-refractivity contribution in [3.8, 4) is 0 Å². The molecule has 0 aromatic carbocycles. The molecule has 2 fully saturated rings. The highest BCUT2D eigenvalue weighted by atomic mass is 32.1. The predicted molar refractivity (Wildman–Crippen MR) is 109 cm³/mol. The van der Waals surface area contributed by atoms with Gasteiger partial charge in [0, 0.05) is 30.7 Å². The Labute approximate surface area is 161 Å². The van der Waals surface area contributed by atoms with E-state index < -0.39 is 0 Å². The maximum atomic E-state index is 5.84. The Bertz CT molecular complexity index is 792. The summed E-state index contributed by atoms with van der Waals surface area (Å²) in [7, 11) is 2.15. The lowest BCUT2D eigenvalue weighted by Gasteiger charge is -2.37. The van der Waals surface area contributed by atoms with Crippen molar-refractivity contribution in [3.63, 3.8) is 0 Å². The normalized spacial score (nSPS) is 24.1. The van der Waals surface area contributed by atoms with Crippen LogP contribution < -0.4 is 5.32 Å². The van der Waals surface area contributed by atoms with Crippen molar-refractivity contribution in [1.29, 1.82) is 0 Å². The number of hydrogen-bond donors (Lipinski definition) is 1. The van der Waals surface area contributed by atoms with Gasteiger partial charge < -0.3 is 14.8 Å². The molecule has 138 valence electrons. The topological polar surface area (TPSA) is 33.1 Å². The fourth-order valence-electron chi connectivity index (χ4n) is 4.63. The van der Waals surface area contributed by atoms with Crippen molar-refractivity contribution in [2.24, 2.45) is 7.05 Å². The summed E-state index contributed by atoms with van der Waals surface area (Å²) in [5.74, 6) is 0. The van der Waals surface area contributed by atoms with E-state index in [2.05, 4.69) is 58.9 Å². The van der Waals surface area contributed by atoms with Crippen LogP contribution in [0.4, 0.5) is 0 Å². The highest BCUT2D eigenvalue weighted by molar-refractivity contribution is 7.80. The number of nitrogens with one attached hydrogen (secondary N) is 1. The van der Waals surface area contributed by atoms with Gasteiger partial charge in [-0.05, 0) is 62.7 Å². The monoisotopic (exact) mass is 368 g/mol. The molecule has 1 aliphatic carbocycles. The molecule has 1 aliphatic heterocycles. The van der Waals surface area contributed by atoms with Crippen LogP contribution in [-0.2, 0) is 7.05 Å². The van der Waals surface area contributed by atoms with Gasteiger partial charge >= 0.3 is 0 Å². The molecular formula is C21H28N4S. The van der Waals surface area contributed by atoms with Crippen LogP contribution in [0, 0.1) is 13.8 Å². The van der Waals surface area contributed by atoms with Crippen LogP contribution in [0.3, 0.4) is 0 Å². The van der Waals surface area contributed by atoms with Crippen molar-refractivity contribution in [2.75, 3.05) is 0 Å². The molecule has 4 nitrogen and oxygen atoms in total. The molecule has 1 N–H and O–H groups in total. The standard InChI is InChI=1S/C21H28N4S/c1-14-13-17(15(2)24(14)3)20-19(18-11-7-8-12-22-18)23-21(26)25(20)16-9-5-4-6-10-16/h7-8,11-13,16,19-20H,4-6,9-10H2,1-3H3,(H,23,26). The van der Waals surface area contributed by atoms with E-state index in [0.717, 1.165) is 10.8 Å². The maximum absolute atomic E-state index is 5.84. The minimum Gasteiger partial charge on any atom is -0.352 e. The Balaban J connectivity index is 1.79. The van der Waals surface area contributed by atoms with Gasteiger partial charge in [-0.25, -0.2) is 0 Å². The first-order chi connectivity index (χ1) is 12.6. The molecule has 2 aliphatic rings. The fourth-order valence-corrected chi connectivity index (χ4v) is 5.02. The summed E-state index contributed by atoms with van der Waals surface area (Å²) in [6.45, 7) is 4.40. The van der Waals surface area contributed by atoms with Crippen LogP contribution in [0.2, 0.25) is 0 Å². The number of hydrogen-bond acceptors (Lipinski definition) is 2. The largest absolute Gasteiger partial charge is 0.352 e. The Hall–Kier alpha value is -1.88. The molecule has 2 unspecified atom stereocenters. The van der Waals surface area contributed by atoms with Crippen LogP contribution in [0.25, 0.3) is 0 Å². The lowest BCUT2D eigenvalue weighted by molar-refractivity contribution is 0.196. The van der Waals surface area contributed by atoms with Crippen LogP contribution in [0.5, 0.6) is 0 Å². The molecule has 26 heavy (non-hydrogen) atoms. The van der Waals surface area contributed by atoms with Gasteiger partial charge in [-0.15, -0.1) is 0 Å². The molecule has 2 aromatic heterocycles. The quantitative estimate of drug-likeness (QED) is 0.817. The number of aryl methyl sites for hydroxylation is 1. The minimum absolute atomic E-state index is 0.103. The molecule has 3 heterocycles. The van der Waals surface area contributed by atoms with Crippen LogP contribution in [0.15, 0.2) is 30.5 Å². The average molecular weight is 369 g/mol. The van der Waals surface area contributed by atoms with Crippen LogP contribution in [0.1, 0.15) is 66.8 Å².